The second kappa shape index (κ2) is 9.28. The fourth-order valence-corrected chi connectivity index (χ4v) is 7.37. The molecular formula is C32H42N4O. The van der Waals surface area contributed by atoms with Crippen LogP contribution in [-0.2, 0) is 18.4 Å². The molecule has 0 bridgehead atoms. The first-order valence-corrected chi connectivity index (χ1v) is 14.3. The molecular weight excluding hydrogens is 456 g/mol. The minimum absolute atomic E-state index is 0.151. The first-order chi connectivity index (χ1) is 17.8. The zero-order valence-electron chi connectivity index (χ0n) is 23.0. The largest absolute Gasteiger partial charge is 0.371 e. The number of hydrogen-bond donors (Lipinski definition) is 2. The number of piperidine rings is 2. The van der Waals surface area contributed by atoms with Crippen molar-refractivity contribution >= 4 is 22.4 Å². The molecule has 1 aromatic heterocycles. The molecule has 37 heavy (non-hydrogen) atoms. The first kappa shape index (κ1) is 24.7. The van der Waals surface area contributed by atoms with Crippen LogP contribution in [0.1, 0.15) is 84.8 Å². The van der Waals surface area contributed by atoms with Crippen LogP contribution in [-0.4, -0.2) is 48.9 Å². The van der Waals surface area contributed by atoms with Crippen LogP contribution in [0.3, 0.4) is 0 Å². The van der Waals surface area contributed by atoms with Crippen molar-refractivity contribution in [3.63, 3.8) is 0 Å². The van der Waals surface area contributed by atoms with Gasteiger partial charge in [0.05, 0.1) is 5.56 Å². The Hall–Kier alpha value is -2.63. The fraction of sp³-hybridized carbons (Fsp3) is 0.531. The predicted molar refractivity (Wildman–Crippen MR) is 153 cm³/mol. The third-order valence-corrected chi connectivity index (χ3v) is 9.78. The van der Waals surface area contributed by atoms with Crippen molar-refractivity contribution in [3.05, 3.63) is 63.8 Å². The molecule has 0 saturated carbocycles. The number of likely N-dealkylation sites (tertiary alicyclic amines) is 1. The lowest BCUT2D eigenvalue weighted by atomic mass is 9.70. The molecule has 2 saturated heterocycles. The number of hydrogen-bond acceptors (Lipinski definition) is 4. The van der Waals surface area contributed by atoms with Crippen LogP contribution in [0.5, 0.6) is 0 Å². The number of aryl methyl sites for hydroxylation is 1. The van der Waals surface area contributed by atoms with Crippen molar-refractivity contribution in [2.75, 3.05) is 38.1 Å². The van der Waals surface area contributed by atoms with Gasteiger partial charge in [0, 0.05) is 52.9 Å². The minimum atomic E-state index is -0.284. The van der Waals surface area contributed by atoms with Crippen LogP contribution in [0.25, 0.3) is 10.9 Å². The summed E-state index contributed by atoms with van der Waals surface area (Å²) >= 11 is 0. The predicted octanol–water partition coefficient (Wildman–Crippen LogP) is 5.62. The van der Waals surface area contributed by atoms with Gasteiger partial charge in [-0.3, -0.25) is 4.79 Å². The first-order valence-electron chi connectivity index (χ1n) is 14.3. The second-order valence-electron chi connectivity index (χ2n) is 12.3. The number of aromatic nitrogens is 1. The Morgan fingerprint density at radius 1 is 1.00 bits per heavy atom. The SMILES string of the molecule is CCc1cc2c(cc1N1CCC(C3CCN(C)CC3)CC1)C(C)(C)c1[nH]c3cc(CN)ccc3c1C2=O. The van der Waals surface area contributed by atoms with Crippen LogP contribution in [0, 0.1) is 11.8 Å². The number of benzene rings is 2. The number of rotatable bonds is 4. The van der Waals surface area contributed by atoms with Gasteiger partial charge in [-0.15, -0.1) is 0 Å². The molecule has 2 aliphatic heterocycles. The molecule has 6 rings (SSSR count). The van der Waals surface area contributed by atoms with E-state index < -0.39 is 0 Å². The minimum Gasteiger partial charge on any atom is -0.371 e. The maximum atomic E-state index is 14.0. The smallest absolute Gasteiger partial charge is 0.195 e. The van der Waals surface area contributed by atoms with Gasteiger partial charge in [-0.2, -0.15) is 0 Å². The molecule has 0 radical (unpaired) electrons. The Morgan fingerprint density at radius 3 is 2.32 bits per heavy atom. The molecule has 0 unspecified atom stereocenters. The summed E-state index contributed by atoms with van der Waals surface area (Å²) < 4.78 is 0. The number of aromatic amines is 1. The van der Waals surface area contributed by atoms with E-state index in [1.807, 2.05) is 6.07 Å². The number of H-pyrrole nitrogens is 1. The third kappa shape index (κ3) is 4.02. The van der Waals surface area contributed by atoms with E-state index in [0.717, 1.165) is 70.2 Å². The number of nitrogens with two attached hydrogens (primary N) is 1. The Bertz CT molecular complexity index is 1340. The average Bonchev–Trinajstić information content (AvgIpc) is 3.32. The molecule has 2 aromatic carbocycles. The normalized spacial score (nSPS) is 20.9. The lowest BCUT2D eigenvalue weighted by Gasteiger charge is -2.41. The van der Waals surface area contributed by atoms with E-state index in [9.17, 15) is 4.79 Å². The van der Waals surface area contributed by atoms with Crippen LogP contribution in [0.15, 0.2) is 30.3 Å². The molecule has 2 fully saturated rings. The molecule has 1 aliphatic carbocycles. The summed E-state index contributed by atoms with van der Waals surface area (Å²) in [5, 5.41) is 1.01. The third-order valence-electron chi connectivity index (χ3n) is 9.78. The number of carbonyl (C=O) groups excluding carboxylic acids is 1. The highest BCUT2D eigenvalue weighted by Crippen LogP contribution is 2.46. The van der Waals surface area contributed by atoms with Gasteiger partial charge in [0.25, 0.3) is 0 Å². The lowest BCUT2D eigenvalue weighted by Crippen LogP contribution is -2.40. The van der Waals surface area contributed by atoms with Crippen LogP contribution in [0.2, 0.25) is 0 Å². The molecule has 0 amide bonds. The summed E-state index contributed by atoms with van der Waals surface area (Å²) in [6.07, 6.45) is 6.22. The van der Waals surface area contributed by atoms with Crippen molar-refractivity contribution in [2.24, 2.45) is 17.6 Å². The summed E-state index contributed by atoms with van der Waals surface area (Å²) in [5.74, 6) is 1.90. The number of fused-ring (bicyclic) bond motifs is 4. The second-order valence-corrected chi connectivity index (χ2v) is 12.3. The number of nitrogens with one attached hydrogen (secondary N) is 1. The van der Waals surface area contributed by atoms with E-state index in [0.29, 0.717) is 6.54 Å². The number of anilines is 1. The van der Waals surface area contributed by atoms with Gasteiger partial charge in [-0.1, -0.05) is 32.9 Å². The Morgan fingerprint density at radius 2 is 1.68 bits per heavy atom. The number of ketones is 1. The highest BCUT2D eigenvalue weighted by Gasteiger charge is 2.41. The van der Waals surface area contributed by atoms with E-state index in [1.165, 1.54) is 50.0 Å². The highest BCUT2D eigenvalue weighted by atomic mass is 16.1. The van der Waals surface area contributed by atoms with E-state index >= 15 is 0 Å². The number of carbonyl (C=O) groups is 1. The quantitative estimate of drug-likeness (QED) is 0.490. The number of nitrogens with zero attached hydrogens (tertiary/aromatic N) is 2. The maximum absolute atomic E-state index is 14.0. The van der Waals surface area contributed by atoms with Crippen molar-refractivity contribution in [3.8, 4) is 0 Å². The van der Waals surface area contributed by atoms with E-state index in [-0.39, 0.29) is 11.2 Å². The van der Waals surface area contributed by atoms with Gasteiger partial charge in [-0.05, 0) is 99.0 Å². The monoisotopic (exact) mass is 498 g/mol. The van der Waals surface area contributed by atoms with Gasteiger partial charge < -0.3 is 20.5 Å². The molecule has 196 valence electrons. The molecule has 3 aliphatic rings. The summed E-state index contributed by atoms with van der Waals surface area (Å²) in [6, 6.07) is 10.8. The Balaban J connectivity index is 1.33. The van der Waals surface area contributed by atoms with Crippen molar-refractivity contribution in [1.29, 1.82) is 0 Å². The van der Waals surface area contributed by atoms with Gasteiger partial charge in [0.15, 0.2) is 5.78 Å². The molecule has 3 N–H and O–H groups in total. The summed E-state index contributed by atoms with van der Waals surface area (Å²) in [4.78, 5) is 22.7. The summed E-state index contributed by atoms with van der Waals surface area (Å²) in [5.41, 5.74) is 14.2. The standard InChI is InChI=1S/C32H42N4O/c1-5-21-17-25-26(18-28(21)36-14-10-23(11-15-36)22-8-12-35(4)13-9-22)32(2,3)31-29(30(25)37)24-7-6-20(19-33)16-27(24)34-31/h6-7,16-18,22-23,34H,5,8-15,19,33H2,1-4H3. The van der Waals surface area contributed by atoms with Gasteiger partial charge in [0.1, 0.15) is 0 Å². The molecule has 3 aromatic rings. The van der Waals surface area contributed by atoms with E-state index in [2.05, 4.69) is 66.9 Å². The van der Waals surface area contributed by atoms with E-state index in [4.69, 9.17) is 5.73 Å². The fourth-order valence-electron chi connectivity index (χ4n) is 7.37. The van der Waals surface area contributed by atoms with Crippen molar-refractivity contribution in [1.82, 2.24) is 9.88 Å². The summed E-state index contributed by atoms with van der Waals surface area (Å²) in [7, 11) is 2.25. The zero-order chi connectivity index (χ0) is 25.9. The topological polar surface area (TPSA) is 65.4 Å². The highest BCUT2D eigenvalue weighted by molar-refractivity contribution is 6.20. The Kier molecular flexibility index (Phi) is 6.20. The summed E-state index contributed by atoms with van der Waals surface area (Å²) in [6.45, 7) is 12.0. The van der Waals surface area contributed by atoms with Crippen LogP contribution < -0.4 is 10.6 Å². The molecule has 5 nitrogen and oxygen atoms in total. The van der Waals surface area contributed by atoms with Crippen LogP contribution in [0.4, 0.5) is 5.69 Å². The molecule has 0 spiro atoms. The Labute approximate surface area is 221 Å². The molecule has 0 atom stereocenters. The van der Waals surface area contributed by atoms with Gasteiger partial charge in [0.2, 0.25) is 0 Å². The lowest BCUT2D eigenvalue weighted by molar-refractivity contribution is 0.103. The van der Waals surface area contributed by atoms with Crippen molar-refractivity contribution in [2.45, 2.75) is 64.8 Å². The zero-order valence-corrected chi connectivity index (χ0v) is 23.0. The van der Waals surface area contributed by atoms with Gasteiger partial charge >= 0.3 is 0 Å². The van der Waals surface area contributed by atoms with Crippen molar-refractivity contribution < 1.29 is 4.79 Å². The molecule has 3 heterocycles. The van der Waals surface area contributed by atoms with E-state index in [1.54, 1.807) is 0 Å². The average molecular weight is 499 g/mol. The maximum Gasteiger partial charge on any atom is 0.195 e. The van der Waals surface area contributed by atoms with Crippen LogP contribution >= 0.6 is 0 Å². The van der Waals surface area contributed by atoms with Gasteiger partial charge in [-0.25, -0.2) is 0 Å². The molecule has 5 heteroatoms.